The molecule has 1 fully saturated rings. The number of carbonyl (C=O) groups is 1. The highest BCUT2D eigenvalue weighted by atomic mass is 16.2. The summed E-state index contributed by atoms with van der Waals surface area (Å²) in [5, 5.41) is 7.00. The summed E-state index contributed by atoms with van der Waals surface area (Å²) >= 11 is 0. The lowest BCUT2D eigenvalue weighted by Crippen LogP contribution is -1.88. The summed E-state index contributed by atoms with van der Waals surface area (Å²) in [5.74, 6) is 0.823. The minimum atomic E-state index is 0.571. The molecular formula is C13H20O2. The Morgan fingerprint density at radius 2 is 1.60 bits per heavy atom. The molecule has 15 heavy (non-hydrogen) atoms. The lowest BCUT2D eigenvalue weighted by Gasteiger charge is -2.01. The van der Waals surface area contributed by atoms with Crippen molar-refractivity contribution in [2.45, 2.75) is 26.2 Å². The second-order valence-electron chi connectivity index (χ2n) is 4.16. The van der Waals surface area contributed by atoms with Gasteiger partial charge in [0.05, 0.1) is 0 Å². The van der Waals surface area contributed by atoms with E-state index in [0.717, 1.165) is 13.0 Å². The zero-order valence-electron chi connectivity index (χ0n) is 9.73. The summed E-state index contributed by atoms with van der Waals surface area (Å²) < 4.78 is 0. The van der Waals surface area contributed by atoms with Crippen LogP contribution in [0.1, 0.15) is 31.7 Å². The Balaban J connectivity index is 0.000000442. The smallest absolute Gasteiger partial charge is 0.106 e. The van der Waals surface area contributed by atoms with Crippen molar-refractivity contribution < 1.29 is 9.90 Å². The Kier molecular flexibility index (Phi) is 5.87. The lowest BCUT2D eigenvalue weighted by molar-refractivity contribution is -0.0979. The summed E-state index contributed by atoms with van der Waals surface area (Å²) in [6, 6.07) is 10.8. The largest absolute Gasteiger partial charge is 0.400 e. The van der Waals surface area contributed by atoms with Gasteiger partial charge in [0, 0.05) is 7.11 Å². The van der Waals surface area contributed by atoms with Crippen LogP contribution in [0, 0.1) is 5.41 Å². The van der Waals surface area contributed by atoms with Crippen LogP contribution in [-0.4, -0.2) is 19.0 Å². The molecule has 1 saturated carbocycles. The molecule has 0 bridgehead atoms. The third kappa shape index (κ3) is 3.84. The standard InChI is InChI=1S/C11H14.CH4O.CH2O/c1-11(2)8-10(11)9-6-4-3-5-7-9;2*1-2/h3-7,10H,8H2,1-2H3;2H,1H3;1H2. The van der Waals surface area contributed by atoms with Gasteiger partial charge in [-0.15, -0.1) is 0 Å². The van der Waals surface area contributed by atoms with Gasteiger partial charge in [-0.25, -0.2) is 0 Å². The third-order valence-corrected chi connectivity index (χ3v) is 2.72. The molecule has 0 aromatic heterocycles. The van der Waals surface area contributed by atoms with E-state index in [2.05, 4.69) is 44.2 Å². The monoisotopic (exact) mass is 208 g/mol. The van der Waals surface area contributed by atoms with Gasteiger partial charge in [0.1, 0.15) is 6.79 Å². The predicted molar refractivity (Wildman–Crippen MR) is 62.8 cm³/mol. The molecule has 2 nitrogen and oxygen atoms in total. The first kappa shape index (κ1) is 13.8. The molecule has 0 heterocycles. The van der Waals surface area contributed by atoms with Crippen LogP contribution in [0.15, 0.2) is 30.3 Å². The molecule has 1 unspecified atom stereocenters. The van der Waals surface area contributed by atoms with Crippen LogP contribution in [-0.2, 0) is 4.79 Å². The summed E-state index contributed by atoms with van der Waals surface area (Å²) in [6.45, 7) is 6.68. The maximum atomic E-state index is 8.00. The summed E-state index contributed by atoms with van der Waals surface area (Å²) in [5.41, 5.74) is 2.08. The number of hydrogen-bond acceptors (Lipinski definition) is 2. The SMILES string of the molecule is C=O.CC1(C)CC1c1ccccc1.CO. The van der Waals surface area contributed by atoms with Crippen LogP contribution in [0.2, 0.25) is 0 Å². The first-order valence-electron chi connectivity index (χ1n) is 4.99. The Labute approximate surface area is 91.9 Å². The topological polar surface area (TPSA) is 37.3 Å². The number of carbonyl (C=O) groups excluding carboxylic acids is 1. The second-order valence-corrected chi connectivity index (χ2v) is 4.16. The number of aliphatic hydroxyl groups excluding tert-OH is 1. The summed E-state index contributed by atoms with van der Waals surface area (Å²) in [6.07, 6.45) is 1.36. The molecular weight excluding hydrogens is 188 g/mol. The predicted octanol–water partition coefficient (Wildman–Crippen LogP) is 2.62. The van der Waals surface area contributed by atoms with Crippen molar-refractivity contribution in [3.63, 3.8) is 0 Å². The number of aliphatic hydroxyl groups is 1. The zero-order chi connectivity index (χ0) is 11.9. The highest BCUT2D eigenvalue weighted by molar-refractivity contribution is 5.27. The van der Waals surface area contributed by atoms with Crippen LogP contribution in [0.4, 0.5) is 0 Å². The molecule has 0 aliphatic heterocycles. The average molecular weight is 208 g/mol. The Hall–Kier alpha value is -1.15. The van der Waals surface area contributed by atoms with E-state index in [-0.39, 0.29) is 0 Å². The van der Waals surface area contributed by atoms with Crippen molar-refractivity contribution in [2.75, 3.05) is 7.11 Å². The highest BCUT2D eigenvalue weighted by Gasteiger charge is 2.46. The fourth-order valence-electron chi connectivity index (χ4n) is 1.72. The average Bonchev–Trinajstić information content (AvgIpc) is 2.95. The van der Waals surface area contributed by atoms with Crippen molar-refractivity contribution >= 4 is 6.79 Å². The van der Waals surface area contributed by atoms with Crippen molar-refractivity contribution in [1.82, 2.24) is 0 Å². The van der Waals surface area contributed by atoms with E-state index in [1.54, 1.807) is 0 Å². The van der Waals surface area contributed by atoms with Gasteiger partial charge in [0.15, 0.2) is 0 Å². The fraction of sp³-hybridized carbons (Fsp3) is 0.462. The van der Waals surface area contributed by atoms with E-state index in [0.29, 0.717) is 5.41 Å². The fourth-order valence-corrected chi connectivity index (χ4v) is 1.72. The molecule has 1 aromatic carbocycles. The molecule has 1 N–H and O–H groups in total. The van der Waals surface area contributed by atoms with E-state index < -0.39 is 0 Å². The van der Waals surface area contributed by atoms with Crippen LogP contribution in [0.25, 0.3) is 0 Å². The Bertz CT molecular complexity index is 267. The molecule has 0 radical (unpaired) electrons. The van der Waals surface area contributed by atoms with E-state index in [9.17, 15) is 0 Å². The third-order valence-electron chi connectivity index (χ3n) is 2.72. The van der Waals surface area contributed by atoms with Crippen LogP contribution in [0.3, 0.4) is 0 Å². The van der Waals surface area contributed by atoms with Crippen molar-refractivity contribution in [3.05, 3.63) is 35.9 Å². The summed E-state index contributed by atoms with van der Waals surface area (Å²) in [7, 11) is 1.00. The zero-order valence-corrected chi connectivity index (χ0v) is 9.73. The van der Waals surface area contributed by atoms with Gasteiger partial charge in [-0.1, -0.05) is 44.2 Å². The molecule has 1 aromatic rings. The van der Waals surface area contributed by atoms with Crippen molar-refractivity contribution in [1.29, 1.82) is 0 Å². The Morgan fingerprint density at radius 3 is 1.93 bits per heavy atom. The second kappa shape index (κ2) is 6.36. The van der Waals surface area contributed by atoms with Crippen LogP contribution < -0.4 is 0 Å². The normalized spacial score (nSPS) is 20.1. The van der Waals surface area contributed by atoms with Gasteiger partial charge in [-0.05, 0) is 23.3 Å². The first-order chi connectivity index (χ1) is 7.20. The van der Waals surface area contributed by atoms with Gasteiger partial charge in [0.25, 0.3) is 0 Å². The van der Waals surface area contributed by atoms with E-state index in [1.165, 1.54) is 12.0 Å². The van der Waals surface area contributed by atoms with Gasteiger partial charge >= 0.3 is 0 Å². The minimum absolute atomic E-state index is 0.571. The number of hydrogen-bond donors (Lipinski definition) is 1. The number of rotatable bonds is 1. The molecule has 0 amide bonds. The van der Waals surface area contributed by atoms with Gasteiger partial charge in [0.2, 0.25) is 0 Å². The molecule has 0 saturated heterocycles. The van der Waals surface area contributed by atoms with E-state index in [4.69, 9.17) is 9.90 Å². The molecule has 2 rings (SSSR count). The minimum Gasteiger partial charge on any atom is -0.400 e. The lowest BCUT2D eigenvalue weighted by atomic mass is 10.0. The van der Waals surface area contributed by atoms with E-state index in [1.807, 2.05) is 6.79 Å². The highest BCUT2D eigenvalue weighted by Crippen LogP contribution is 2.58. The van der Waals surface area contributed by atoms with Crippen LogP contribution in [0.5, 0.6) is 0 Å². The summed E-state index contributed by atoms with van der Waals surface area (Å²) in [4.78, 5) is 8.00. The van der Waals surface area contributed by atoms with Gasteiger partial charge < -0.3 is 9.90 Å². The molecule has 0 spiro atoms. The van der Waals surface area contributed by atoms with Gasteiger partial charge in [-0.2, -0.15) is 0 Å². The van der Waals surface area contributed by atoms with Crippen molar-refractivity contribution in [2.24, 2.45) is 5.41 Å². The molecule has 1 aliphatic carbocycles. The molecule has 2 heteroatoms. The maximum absolute atomic E-state index is 8.00. The molecule has 84 valence electrons. The van der Waals surface area contributed by atoms with Gasteiger partial charge in [-0.3, -0.25) is 0 Å². The van der Waals surface area contributed by atoms with Crippen LogP contribution >= 0.6 is 0 Å². The van der Waals surface area contributed by atoms with E-state index >= 15 is 0 Å². The first-order valence-corrected chi connectivity index (χ1v) is 4.99. The molecule has 1 aliphatic rings. The molecule has 1 atom stereocenters. The Morgan fingerprint density at radius 1 is 1.20 bits per heavy atom. The van der Waals surface area contributed by atoms with Crippen molar-refractivity contribution in [3.8, 4) is 0 Å². The quantitative estimate of drug-likeness (QED) is 0.770. The maximum Gasteiger partial charge on any atom is 0.106 e. The number of benzene rings is 1.